The van der Waals surface area contributed by atoms with Crippen molar-refractivity contribution in [1.82, 2.24) is 5.32 Å². The summed E-state index contributed by atoms with van der Waals surface area (Å²) in [5, 5.41) is 2.89. The summed E-state index contributed by atoms with van der Waals surface area (Å²) in [5.41, 5.74) is -0.508. The molecule has 1 N–H and O–H groups in total. The molecule has 0 heterocycles. The van der Waals surface area contributed by atoms with Gasteiger partial charge in [-0.1, -0.05) is 15.9 Å². The molecule has 0 bridgehead atoms. The van der Waals surface area contributed by atoms with Crippen LogP contribution in [0.25, 0.3) is 0 Å². The van der Waals surface area contributed by atoms with Crippen LogP contribution in [-0.2, 0) is 0 Å². The van der Waals surface area contributed by atoms with Crippen LogP contribution in [0.2, 0.25) is 0 Å². The van der Waals surface area contributed by atoms with Gasteiger partial charge >= 0.3 is 0 Å². The lowest BCUT2D eigenvalue weighted by Crippen LogP contribution is -2.34. The van der Waals surface area contributed by atoms with Crippen molar-refractivity contribution in [2.75, 3.05) is 5.33 Å². The van der Waals surface area contributed by atoms with Crippen LogP contribution < -0.4 is 5.32 Å². The molecule has 1 rings (SSSR count). The summed E-state index contributed by atoms with van der Waals surface area (Å²) in [5.74, 6) is -5.20. The zero-order valence-electron chi connectivity index (χ0n) is 8.36. The maximum atomic E-state index is 13.2. The van der Waals surface area contributed by atoms with Gasteiger partial charge in [-0.3, -0.25) is 4.79 Å². The fourth-order valence-electron chi connectivity index (χ4n) is 1.04. The van der Waals surface area contributed by atoms with Gasteiger partial charge in [0.25, 0.3) is 5.91 Å². The SMILES string of the molecule is CC(CBr)NC(=O)c1ccc(F)c(F)c1F. The lowest BCUT2D eigenvalue weighted by atomic mass is 10.1. The zero-order valence-corrected chi connectivity index (χ0v) is 9.95. The lowest BCUT2D eigenvalue weighted by Gasteiger charge is -2.11. The van der Waals surface area contributed by atoms with E-state index in [-0.39, 0.29) is 6.04 Å². The molecule has 16 heavy (non-hydrogen) atoms. The van der Waals surface area contributed by atoms with E-state index < -0.39 is 28.9 Å². The third-order valence-corrected chi connectivity index (χ3v) is 2.86. The highest BCUT2D eigenvalue weighted by Gasteiger charge is 2.19. The summed E-state index contributed by atoms with van der Waals surface area (Å²) in [4.78, 5) is 11.4. The van der Waals surface area contributed by atoms with E-state index >= 15 is 0 Å². The Labute approximate surface area is 99.0 Å². The highest BCUT2D eigenvalue weighted by Crippen LogP contribution is 2.15. The average molecular weight is 296 g/mol. The quantitative estimate of drug-likeness (QED) is 0.674. The molecular formula is C10H9BrF3NO. The van der Waals surface area contributed by atoms with E-state index in [0.717, 1.165) is 6.07 Å². The first-order chi connectivity index (χ1) is 7.47. The molecule has 1 aromatic rings. The number of benzene rings is 1. The molecule has 0 aliphatic rings. The second-order valence-corrected chi connectivity index (χ2v) is 3.90. The minimum atomic E-state index is -1.64. The normalized spacial score (nSPS) is 12.3. The van der Waals surface area contributed by atoms with Crippen LogP contribution in [0.4, 0.5) is 13.2 Å². The Bertz CT molecular complexity index is 411. The molecule has 0 spiro atoms. The molecule has 2 nitrogen and oxygen atoms in total. The zero-order chi connectivity index (χ0) is 12.3. The first-order valence-electron chi connectivity index (χ1n) is 4.47. The number of alkyl halides is 1. The van der Waals surface area contributed by atoms with Crippen molar-refractivity contribution in [3.8, 4) is 0 Å². The van der Waals surface area contributed by atoms with Crippen molar-refractivity contribution >= 4 is 21.8 Å². The third-order valence-electron chi connectivity index (χ3n) is 1.89. The summed E-state index contributed by atoms with van der Waals surface area (Å²) in [6.07, 6.45) is 0. The fourth-order valence-corrected chi connectivity index (χ4v) is 1.20. The van der Waals surface area contributed by atoms with Gasteiger partial charge in [0.1, 0.15) is 0 Å². The number of nitrogens with one attached hydrogen (secondary N) is 1. The van der Waals surface area contributed by atoms with Gasteiger partial charge in [-0.2, -0.15) is 0 Å². The monoisotopic (exact) mass is 295 g/mol. The van der Waals surface area contributed by atoms with E-state index in [2.05, 4.69) is 21.2 Å². The van der Waals surface area contributed by atoms with Crippen LogP contribution in [0.5, 0.6) is 0 Å². The Kier molecular flexibility index (Phi) is 4.35. The van der Waals surface area contributed by atoms with Crippen LogP contribution in [0.15, 0.2) is 12.1 Å². The van der Waals surface area contributed by atoms with E-state index in [0.29, 0.717) is 11.4 Å². The van der Waals surface area contributed by atoms with Gasteiger partial charge in [-0.25, -0.2) is 13.2 Å². The predicted octanol–water partition coefficient (Wildman–Crippen LogP) is 2.62. The molecule has 0 fully saturated rings. The van der Waals surface area contributed by atoms with Crippen molar-refractivity contribution in [2.45, 2.75) is 13.0 Å². The number of hydrogen-bond donors (Lipinski definition) is 1. The highest BCUT2D eigenvalue weighted by molar-refractivity contribution is 9.09. The summed E-state index contributed by atoms with van der Waals surface area (Å²) in [7, 11) is 0. The van der Waals surface area contributed by atoms with Gasteiger partial charge in [-0.15, -0.1) is 0 Å². The highest BCUT2D eigenvalue weighted by atomic mass is 79.9. The van der Waals surface area contributed by atoms with E-state index in [1.54, 1.807) is 6.92 Å². The second kappa shape index (κ2) is 5.34. The molecule has 0 saturated heterocycles. The average Bonchev–Trinajstić information content (AvgIpc) is 2.25. The number of halogens is 4. The molecule has 6 heteroatoms. The van der Waals surface area contributed by atoms with E-state index in [1.807, 2.05) is 0 Å². The number of carbonyl (C=O) groups is 1. The molecule has 0 radical (unpaired) electrons. The van der Waals surface area contributed by atoms with E-state index in [1.165, 1.54) is 0 Å². The fraction of sp³-hybridized carbons (Fsp3) is 0.300. The van der Waals surface area contributed by atoms with Crippen molar-refractivity contribution in [1.29, 1.82) is 0 Å². The Balaban J connectivity index is 2.97. The van der Waals surface area contributed by atoms with Crippen molar-refractivity contribution in [3.63, 3.8) is 0 Å². The topological polar surface area (TPSA) is 29.1 Å². The predicted molar refractivity (Wildman–Crippen MR) is 57.0 cm³/mol. The summed E-state index contributed by atoms with van der Waals surface area (Å²) >= 11 is 3.12. The Morgan fingerprint density at radius 2 is 2.00 bits per heavy atom. The molecule has 1 amide bonds. The third kappa shape index (κ3) is 2.75. The summed E-state index contributed by atoms with van der Waals surface area (Å²) in [6.45, 7) is 1.68. The van der Waals surface area contributed by atoms with Gasteiger partial charge < -0.3 is 5.32 Å². The standard InChI is InChI=1S/C10H9BrF3NO/c1-5(4-11)15-10(16)6-2-3-7(12)9(14)8(6)13/h2-3,5H,4H2,1H3,(H,15,16). The summed E-state index contributed by atoms with van der Waals surface area (Å²) < 4.78 is 38.6. The van der Waals surface area contributed by atoms with Gasteiger partial charge in [0, 0.05) is 11.4 Å². The van der Waals surface area contributed by atoms with Crippen molar-refractivity contribution in [2.24, 2.45) is 0 Å². The largest absolute Gasteiger partial charge is 0.349 e. The number of rotatable bonds is 3. The maximum absolute atomic E-state index is 13.2. The van der Waals surface area contributed by atoms with Crippen LogP contribution in [0.3, 0.4) is 0 Å². The second-order valence-electron chi connectivity index (χ2n) is 3.25. The molecule has 0 aliphatic carbocycles. The van der Waals surface area contributed by atoms with E-state index in [9.17, 15) is 18.0 Å². The molecule has 0 aliphatic heterocycles. The van der Waals surface area contributed by atoms with Gasteiger partial charge in [0.05, 0.1) is 5.56 Å². The number of hydrogen-bond acceptors (Lipinski definition) is 1. The lowest BCUT2D eigenvalue weighted by molar-refractivity contribution is 0.0938. The van der Waals surface area contributed by atoms with Crippen LogP contribution in [0.1, 0.15) is 17.3 Å². The van der Waals surface area contributed by atoms with Gasteiger partial charge in [0.15, 0.2) is 17.5 Å². The molecule has 0 aromatic heterocycles. The van der Waals surface area contributed by atoms with Crippen LogP contribution in [0, 0.1) is 17.5 Å². The minimum absolute atomic E-state index is 0.236. The smallest absolute Gasteiger partial charge is 0.254 e. The molecule has 88 valence electrons. The molecule has 1 aromatic carbocycles. The number of amides is 1. The van der Waals surface area contributed by atoms with Crippen LogP contribution >= 0.6 is 15.9 Å². The van der Waals surface area contributed by atoms with Gasteiger partial charge in [0.2, 0.25) is 0 Å². The van der Waals surface area contributed by atoms with Gasteiger partial charge in [-0.05, 0) is 19.1 Å². The first-order valence-corrected chi connectivity index (χ1v) is 5.59. The van der Waals surface area contributed by atoms with Crippen molar-refractivity contribution < 1.29 is 18.0 Å². The summed E-state index contributed by atoms with van der Waals surface area (Å²) in [6, 6.07) is 1.39. The molecule has 1 atom stereocenters. The van der Waals surface area contributed by atoms with Crippen molar-refractivity contribution in [3.05, 3.63) is 35.1 Å². The first kappa shape index (κ1) is 13.0. The minimum Gasteiger partial charge on any atom is -0.349 e. The Morgan fingerprint density at radius 3 is 2.56 bits per heavy atom. The van der Waals surface area contributed by atoms with E-state index in [4.69, 9.17) is 0 Å². The molecular weight excluding hydrogens is 287 g/mol. The molecule has 0 saturated carbocycles. The molecule has 1 unspecified atom stereocenters. The Morgan fingerprint density at radius 1 is 1.38 bits per heavy atom. The van der Waals surface area contributed by atoms with Crippen LogP contribution in [-0.4, -0.2) is 17.3 Å². The maximum Gasteiger partial charge on any atom is 0.254 e. The Hall–Kier alpha value is -1.04. The number of carbonyl (C=O) groups excluding carboxylic acids is 1.